The second-order valence-corrected chi connectivity index (χ2v) is 3.86. The molecule has 2 aromatic rings. The fourth-order valence-corrected chi connectivity index (χ4v) is 1.55. The number of anilines is 2. The van der Waals surface area contributed by atoms with E-state index < -0.39 is 0 Å². The summed E-state index contributed by atoms with van der Waals surface area (Å²) in [6, 6.07) is 1.62. The number of hydrogen-bond acceptors (Lipinski definition) is 6. The summed E-state index contributed by atoms with van der Waals surface area (Å²) in [5.74, 6) is 1.65. The molecule has 0 saturated carbocycles. The third-order valence-corrected chi connectivity index (χ3v) is 2.37. The van der Waals surface area contributed by atoms with Gasteiger partial charge in [0.05, 0.1) is 0 Å². The largest absolute Gasteiger partial charge is 0.369 e. The quantitative estimate of drug-likeness (QED) is 0.771. The average molecular weight is 254 g/mol. The van der Waals surface area contributed by atoms with Gasteiger partial charge in [0.25, 0.3) is 0 Å². The van der Waals surface area contributed by atoms with Gasteiger partial charge in [-0.15, -0.1) is 10.2 Å². The van der Waals surface area contributed by atoms with E-state index in [2.05, 4.69) is 25.5 Å². The molecule has 0 unspecified atom stereocenters. The molecular weight excluding hydrogens is 242 g/mol. The molecule has 0 aliphatic rings. The standard InChI is InChI=1S/C9H12ClN7/c1-17-5-13-16-8(17)2-3-12-7-4-6(10)14-9(11)15-7/h4-5H,2-3H2,1H3,(H3,11,12,14,15). The molecule has 0 amide bonds. The predicted octanol–water partition coefficient (Wildman–Crippen LogP) is 0.495. The minimum absolute atomic E-state index is 0.152. The highest BCUT2D eigenvalue weighted by atomic mass is 35.5. The molecule has 90 valence electrons. The average Bonchev–Trinajstić information content (AvgIpc) is 2.63. The van der Waals surface area contributed by atoms with Crippen LogP contribution in [0.15, 0.2) is 12.4 Å². The van der Waals surface area contributed by atoms with Gasteiger partial charge in [-0.1, -0.05) is 11.6 Å². The van der Waals surface area contributed by atoms with Crippen molar-refractivity contribution in [1.82, 2.24) is 24.7 Å². The molecular formula is C9H12ClN7. The maximum absolute atomic E-state index is 5.76. The Bertz CT molecular complexity index is 490. The van der Waals surface area contributed by atoms with Gasteiger partial charge < -0.3 is 15.6 Å². The Kier molecular flexibility index (Phi) is 3.38. The van der Waals surface area contributed by atoms with Crippen LogP contribution in [0.3, 0.4) is 0 Å². The zero-order valence-corrected chi connectivity index (χ0v) is 10.0. The molecule has 0 radical (unpaired) electrons. The van der Waals surface area contributed by atoms with Crippen LogP contribution in [0.4, 0.5) is 11.8 Å². The zero-order chi connectivity index (χ0) is 12.3. The Morgan fingerprint density at radius 2 is 2.29 bits per heavy atom. The highest BCUT2D eigenvalue weighted by molar-refractivity contribution is 6.29. The van der Waals surface area contributed by atoms with E-state index in [4.69, 9.17) is 17.3 Å². The molecule has 0 saturated heterocycles. The fourth-order valence-electron chi connectivity index (χ4n) is 1.36. The lowest BCUT2D eigenvalue weighted by atomic mass is 10.4. The van der Waals surface area contributed by atoms with Gasteiger partial charge in [0.15, 0.2) is 0 Å². The summed E-state index contributed by atoms with van der Waals surface area (Å²) in [7, 11) is 1.90. The second kappa shape index (κ2) is 4.96. The van der Waals surface area contributed by atoms with Crippen LogP contribution in [-0.4, -0.2) is 31.3 Å². The van der Waals surface area contributed by atoms with Gasteiger partial charge in [0, 0.05) is 26.1 Å². The van der Waals surface area contributed by atoms with Gasteiger partial charge in [-0.05, 0) is 0 Å². The minimum atomic E-state index is 0.152. The summed E-state index contributed by atoms with van der Waals surface area (Å²) < 4.78 is 1.86. The SMILES string of the molecule is Cn1cnnc1CCNc1cc(Cl)nc(N)n1. The Morgan fingerprint density at radius 1 is 1.47 bits per heavy atom. The van der Waals surface area contributed by atoms with E-state index in [0.29, 0.717) is 17.5 Å². The molecule has 3 N–H and O–H groups in total. The van der Waals surface area contributed by atoms with Crippen LogP contribution >= 0.6 is 11.6 Å². The van der Waals surface area contributed by atoms with Crippen molar-refractivity contribution in [2.75, 3.05) is 17.6 Å². The molecule has 0 bridgehead atoms. The summed E-state index contributed by atoms with van der Waals surface area (Å²) in [6.07, 6.45) is 2.40. The van der Waals surface area contributed by atoms with E-state index >= 15 is 0 Å². The zero-order valence-electron chi connectivity index (χ0n) is 9.26. The highest BCUT2D eigenvalue weighted by Crippen LogP contribution is 2.12. The van der Waals surface area contributed by atoms with Gasteiger partial charge in [-0.2, -0.15) is 4.98 Å². The highest BCUT2D eigenvalue weighted by Gasteiger charge is 2.02. The number of rotatable bonds is 4. The van der Waals surface area contributed by atoms with Crippen LogP contribution < -0.4 is 11.1 Å². The second-order valence-electron chi connectivity index (χ2n) is 3.47. The molecule has 0 spiro atoms. The van der Waals surface area contributed by atoms with Gasteiger partial charge in [0.1, 0.15) is 23.1 Å². The first-order chi connectivity index (χ1) is 8.15. The number of nitrogens with one attached hydrogen (secondary N) is 1. The molecule has 0 aromatic carbocycles. The fraction of sp³-hybridized carbons (Fsp3) is 0.333. The predicted molar refractivity (Wildman–Crippen MR) is 64.7 cm³/mol. The Hall–Kier alpha value is -1.89. The van der Waals surface area contributed by atoms with Crippen LogP contribution in [0.25, 0.3) is 0 Å². The topological polar surface area (TPSA) is 94.5 Å². The number of nitrogen functional groups attached to an aromatic ring is 1. The van der Waals surface area contributed by atoms with E-state index in [1.165, 1.54) is 0 Å². The van der Waals surface area contributed by atoms with E-state index in [-0.39, 0.29) is 5.95 Å². The summed E-state index contributed by atoms with van der Waals surface area (Å²) >= 11 is 5.76. The van der Waals surface area contributed by atoms with Crippen molar-refractivity contribution < 1.29 is 0 Å². The third kappa shape index (κ3) is 3.04. The number of aromatic nitrogens is 5. The molecule has 2 rings (SSSR count). The van der Waals surface area contributed by atoms with E-state index in [9.17, 15) is 0 Å². The molecule has 0 fully saturated rings. The molecule has 2 aromatic heterocycles. The smallest absolute Gasteiger partial charge is 0.223 e. The van der Waals surface area contributed by atoms with E-state index in [0.717, 1.165) is 12.2 Å². The number of nitrogens with two attached hydrogens (primary N) is 1. The van der Waals surface area contributed by atoms with E-state index in [1.54, 1.807) is 12.4 Å². The molecule has 17 heavy (non-hydrogen) atoms. The Labute approximate surface area is 103 Å². The van der Waals surface area contributed by atoms with Gasteiger partial charge >= 0.3 is 0 Å². The van der Waals surface area contributed by atoms with Crippen LogP contribution in [-0.2, 0) is 13.5 Å². The minimum Gasteiger partial charge on any atom is -0.369 e. The maximum Gasteiger partial charge on any atom is 0.223 e. The number of nitrogens with zero attached hydrogens (tertiary/aromatic N) is 5. The van der Waals surface area contributed by atoms with E-state index in [1.807, 2.05) is 11.6 Å². The summed E-state index contributed by atoms with van der Waals surface area (Å²) in [4.78, 5) is 7.78. The summed E-state index contributed by atoms with van der Waals surface area (Å²) in [5, 5.41) is 11.2. The van der Waals surface area contributed by atoms with Crippen molar-refractivity contribution >= 4 is 23.4 Å². The van der Waals surface area contributed by atoms with Crippen LogP contribution in [0.2, 0.25) is 5.15 Å². The lowest BCUT2D eigenvalue weighted by Gasteiger charge is -2.05. The first-order valence-electron chi connectivity index (χ1n) is 5.02. The number of aryl methyl sites for hydroxylation is 1. The first-order valence-corrected chi connectivity index (χ1v) is 5.40. The molecule has 8 heteroatoms. The molecule has 0 aliphatic heterocycles. The third-order valence-electron chi connectivity index (χ3n) is 2.17. The molecule has 7 nitrogen and oxygen atoms in total. The normalized spacial score (nSPS) is 10.5. The summed E-state index contributed by atoms with van der Waals surface area (Å²) in [5.41, 5.74) is 5.48. The molecule has 0 atom stereocenters. The van der Waals surface area contributed by atoms with Crippen molar-refractivity contribution in [2.45, 2.75) is 6.42 Å². The first kappa shape index (κ1) is 11.6. The van der Waals surface area contributed by atoms with Crippen molar-refractivity contribution in [3.8, 4) is 0 Å². The lowest BCUT2D eigenvalue weighted by Crippen LogP contribution is -2.10. The monoisotopic (exact) mass is 253 g/mol. The lowest BCUT2D eigenvalue weighted by molar-refractivity contribution is 0.787. The van der Waals surface area contributed by atoms with Crippen molar-refractivity contribution in [2.24, 2.45) is 7.05 Å². The van der Waals surface area contributed by atoms with Gasteiger partial charge in [-0.25, -0.2) is 4.98 Å². The van der Waals surface area contributed by atoms with Crippen LogP contribution in [0.1, 0.15) is 5.82 Å². The Morgan fingerprint density at radius 3 is 2.94 bits per heavy atom. The molecule has 0 aliphatic carbocycles. The van der Waals surface area contributed by atoms with Crippen molar-refractivity contribution in [3.63, 3.8) is 0 Å². The van der Waals surface area contributed by atoms with Crippen LogP contribution in [0, 0.1) is 0 Å². The van der Waals surface area contributed by atoms with Crippen molar-refractivity contribution in [1.29, 1.82) is 0 Å². The Balaban J connectivity index is 1.92. The van der Waals surface area contributed by atoms with Crippen molar-refractivity contribution in [3.05, 3.63) is 23.4 Å². The molecule has 2 heterocycles. The number of hydrogen-bond donors (Lipinski definition) is 2. The number of halogens is 1. The maximum atomic E-state index is 5.76. The van der Waals surface area contributed by atoms with Gasteiger partial charge in [0.2, 0.25) is 5.95 Å². The van der Waals surface area contributed by atoms with Crippen LogP contribution in [0.5, 0.6) is 0 Å². The summed E-state index contributed by atoms with van der Waals surface area (Å²) in [6.45, 7) is 0.666. The van der Waals surface area contributed by atoms with Gasteiger partial charge in [-0.3, -0.25) is 0 Å².